The van der Waals surface area contributed by atoms with E-state index in [-0.39, 0.29) is 23.0 Å². The highest BCUT2D eigenvalue weighted by atomic mass is 32.2. The van der Waals surface area contributed by atoms with Crippen molar-refractivity contribution in [1.29, 1.82) is 0 Å². The zero-order valence-corrected chi connectivity index (χ0v) is 18.8. The molecule has 1 unspecified atom stereocenters. The Bertz CT molecular complexity index is 1130. The van der Waals surface area contributed by atoms with Crippen LogP contribution in [-0.4, -0.2) is 47.8 Å². The summed E-state index contributed by atoms with van der Waals surface area (Å²) in [6.45, 7) is 8.06. The first-order valence-electron chi connectivity index (χ1n) is 10.3. The molecule has 1 saturated heterocycles. The van der Waals surface area contributed by atoms with Gasteiger partial charge in [0, 0.05) is 13.2 Å². The maximum atomic E-state index is 13.6. The Morgan fingerprint density at radius 1 is 1.00 bits per heavy atom. The van der Waals surface area contributed by atoms with Crippen LogP contribution >= 0.6 is 0 Å². The second-order valence-electron chi connectivity index (χ2n) is 8.23. The van der Waals surface area contributed by atoms with E-state index in [1.54, 1.807) is 53.4 Å². The standard InChI is InChI=1S/C24H27N3O3S/c1-17-15-18(2)23(26(16-17)31(29,30)21-13-9-6-10-14-21)27-22(19(3)25(4)24(27)28)20-11-7-5-8-12-20/h5-14,16,19,22-23H,2,15H2,1,3-4H3/t19-,22-,23?/m0/s1. The van der Waals surface area contributed by atoms with Crippen molar-refractivity contribution >= 4 is 16.1 Å². The number of carbonyl (C=O) groups is 1. The summed E-state index contributed by atoms with van der Waals surface area (Å²) in [7, 11) is -2.14. The number of urea groups is 1. The molecule has 0 spiro atoms. The lowest BCUT2D eigenvalue weighted by Crippen LogP contribution is -2.52. The molecule has 6 nitrogen and oxygen atoms in total. The molecule has 0 bridgehead atoms. The van der Waals surface area contributed by atoms with Crippen LogP contribution in [0, 0.1) is 0 Å². The van der Waals surface area contributed by atoms with Gasteiger partial charge in [-0.1, -0.05) is 60.7 Å². The molecule has 4 rings (SSSR count). The first kappa shape index (κ1) is 21.2. The summed E-state index contributed by atoms with van der Waals surface area (Å²) < 4.78 is 28.6. The van der Waals surface area contributed by atoms with E-state index >= 15 is 0 Å². The average molecular weight is 438 g/mol. The fourth-order valence-corrected chi connectivity index (χ4v) is 6.04. The summed E-state index contributed by atoms with van der Waals surface area (Å²) in [5.41, 5.74) is 2.52. The van der Waals surface area contributed by atoms with Crippen molar-refractivity contribution in [3.63, 3.8) is 0 Å². The molecule has 0 saturated carbocycles. The smallest absolute Gasteiger partial charge is 0.322 e. The van der Waals surface area contributed by atoms with Crippen LogP contribution < -0.4 is 0 Å². The Kier molecular flexibility index (Phi) is 5.39. The van der Waals surface area contributed by atoms with E-state index in [9.17, 15) is 13.2 Å². The third kappa shape index (κ3) is 3.53. The summed E-state index contributed by atoms with van der Waals surface area (Å²) >= 11 is 0. The maximum absolute atomic E-state index is 13.6. The molecule has 7 heteroatoms. The Labute approximate surface area is 184 Å². The number of nitrogens with zero attached hydrogens (tertiary/aromatic N) is 3. The fourth-order valence-electron chi connectivity index (χ4n) is 4.46. The lowest BCUT2D eigenvalue weighted by molar-refractivity contribution is 0.139. The lowest BCUT2D eigenvalue weighted by Gasteiger charge is -2.42. The van der Waals surface area contributed by atoms with Gasteiger partial charge >= 0.3 is 6.03 Å². The van der Waals surface area contributed by atoms with E-state index in [4.69, 9.17) is 0 Å². The van der Waals surface area contributed by atoms with Crippen LogP contribution in [-0.2, 0) is 10.0 Å². The van der Waals surface area contributed by atoms with Crippen molar-refractivity contribution in [1.82, 2.24) is 14.1 Å². The second kappa shape index (κ2) is 7.89. The minimum absolute atomic E-state index is 0.129. The Balaban J connectivity index is 1.86. The molecule has 0 aromatic heterocycles. The van der Waals surface area contributed by atoms with Gasteiger partial charge in [0.15, 0.2) is 0 Å². The Morgan fingerprint density at radius 3 is 2.19 bits per heavy atom. The summed E-state index contributed by atoms with van der Waals surface area (Å²) in [5, 5.41) is 0. The molecule has 2 heterocycles. The van der Waals surface area contributed by atoms with Gasteiger partial charge in [-0.3, -0.25) is 4.90 Å². The predicted octanol–water partition coefficient (Wildman–Crippen LogP) is 4.36. The molecule has 0 aliphatic carbocycles. The van der Waals surface area contributed by atoms with Gasteiger partial charge in [-0.15, -0.1) is 0 Å². The second-order valence-corrected chi connectivity index (χ2v) is 10.1. The minimum Gasteiger partial charge on any atom is -0.323 e. The van der Waals surface area contributed by atoms with Gasteiger partial charge in [0.25, 0.3) is 10.0 Å². The van der Waals surface area contributed by atoms with Crippen molar-refractivity contribution < 1.29 is 13.2 Å². The molecule has 2 aromatic rings. The van der Waals surface area contributed by atoms with Crippen molar-refractivity contribution in [2.75, 3.05) is 7.05 Å². The van der Waals surface area contributed by atoms with Crippen LogP contribution in [0.15, 0.2) is 89.5 Å². The topological polar surface area (TPSA) is 60.9 Å². The van der Waals surface area contributed by atoms with Gasteiger partial charge in [0.2, 0.25) is 0 Å². The quantitative estimate of drug-likeness (QED) is 0.668. The molecule has 162 valence electrons. The molecule has 0 N–H and O–H groups in total. The van der Waals surface area contributed by atoms with E-state index in [1.807, 2.05) is 44.2 Å². The number of hydrogen-bond acceptors (Lipinski definition) is 3. The van der Waals surface area contributed by atoms with Gasteiger partial charge < -0.3 is 4.90 Å². The van der Waals surface area contributed by atoms with Crippen molar-refractivity contribution in [2.24, 2.45) is 0 Å². The number of amides is 2. The predicted molar refractivity (Wildman–Crippen MR) is 120 cm³/mol. The summed E-state index contributed by atoms with van der Waals surface area (Å²) in [4.78, 5) is 16.9. The SMILES string of the molecule is C=C1CC(C)=CN(S(=O)(=O)c2ccccc2)C1N1C(=O)N(C)[C@@H](C)[C@H]1c1ccccc1. The number of likely N-dealkylation sites (N-methyl/N-ethyl adjacent to an activating group) is 1. The number of carbonyl (C=O) groups excluding carboxylic acids is 1. The van der Waals surface area contributed by atoms with E-state index in [2.05, 4.69) is 6.58 Å². The molecule has 31 heavy (non-hydrogen) atoms. The van der Waals surface area contributed by atoms with Crippen LogP contribution in [0.25, 0.3) is 0 Å². The van der Waals surface area contributed by atoms with Crippen LogP contribution in [0.4, 0.5) is 4.79 Å². The highest BCUT2D eigenvalue weighted by molar-refractivity contribution is 7.89. The normalized spacial score (nSPS) is 24.5. The van der Waals surface area contributed by atoms with Gasteiger partial charge in [-0.05, 0) is 43.5 Å². The molecule has 0 radical (unpaired) electrons. The van der Waals surface area contributed by atoms with Crippen LogP contribution in [0.2, 0.25) is 0 Å². The highest BCUT2D eigenvalue weighted by Gasteiger charge is 2.50. The van der Waals surface area contributed by atoms with Gasteiger partial charge in [-0.2, -0.15) is 0 Å². The van der Waals surface area contributed by atoms with Crippen LogP contribution in [0.5, 0.6) is 0 Å². The largest absolute Gasteiger partial charge is 0.323 e. The Morgan fingerprint density at radius 2 is 1.58 bits per heavy atom. The molecular weight excluding hydrogens is 410 g/mol. The minimum atomic E-state index is -3.89. The number of sulfonamides is 1. The van der Waals surface area contributed by atoms with Gasteiger partial charge in [0.05, 0.1) is 17.0 Å². The first-order valence-corrected chi connectivity index (χ1v) is 11.7. The zero-order valence-electron chi connectivity index (χ0n) is 18.0. The highest BCUT2D eigenvalue weighted by Crippen LogP contribution is 2.42. The van der Waals surface area contributed by atoms with Crippen LogP contribution in [0.3, 0.4) is 0 Å². The molecule has 2 amide bonds. The Hall–Kier alpha value is -3.06. The fraction of sp³-hybridized carbons (Fsp3) is 0.292. The molecular formula is C24H27N3O3S. The van der Waals surface area contributed by atoms with Gasteiger partial charge in [0.1, 0.15) is 6.17 Å². The molecule has 1 fully saturated rings. The molecule has 2 aliphatic rings. The van der Waals surface area contributed by atoms with E-state index in [0.717, 1.165) is 11.1 Å². The van der Waals surface area contributed by atoms with Crippen molar-refractivity contribution in [3.8, 4) is 0 Å². The van der Waals surface area contributed by atoms with E-state index in [1.165, 1.54) is 4.31 Å². The molecule has 3 atom stereocenters. The number of allylic oxidation sites excluding steroid dienone is 1. The summed E-state index contributed by atoms with van der Waals surface area (Å²) in [5.74, 6) is 0. The van der Waals surface area contributed by atoms with Crippen molar-refractivity contribution in [3.05, 3.63) is 90.2 Å². The summed E-state index contributed by atoms with van der Waals surface area (Å²) in [6, 6.07) is 17.4. The monoisotopic (exact) mass is 437 g/mol. The van der Waals surface area contributed by atoms with Crippen molar-refractivity contribution in [2.45, 2.75) is 43.4 Å². The maximum Gasteiger partial charge on any atom is 0.322 e. The number of rotatable bonds is 4. The van der Waals surface area contributed by atoms with E-state index < -0.39 is 16.2 Å². The number of hydrogen-bond donors (Lipinski definition) is 0. The lowest BCUT2D eigenvalue weighted by atomic mass is 9.96. The zero-order chi connectivity index (χ0) is 22.3. The summed E-state index contributed by atoms with van der Waals surface area (Å²) in [6.07, 6.45) is 1.37. The molecule has 2 aliphatic heterocycles. The average Bonchev–Trinajstić information content (AvgIpc) is 2.98. The molecule has 2 aromatic carbocycles. The number of benzene rings is 2. The first-order chi connectivity index (χ1) is 14.7. The third-order valence-corrected chi connectivity index (χ3v) is 7.80. The van der Waals surface area contributed by atoms with Crippen LogP contribution in [0.1, 0.15) is 31.9 Å². The third-order valence-electron chi connectivity index (χ3n) is 6.07. The van der Waals surface area contributed by atoms with Gasteiger partial charge in [-0.25, -0.2) is 17.5 Å². The van der Waals surface area contributed by atoms with E-state index in [0.29, 0.717) is 12.0 Å².